The first-order valence-electron chi connectivity index (χ1n) is 7.05. The van der Waals surface area contributed by atoms with Gasteiger partial charge in [0.1, 0.15) is 5.75 Å². The van der Waals surface area contributed by atoms with Crippen molar-refractivity contribution in [2.45, 2.75) is 19.4 Å². The summed E-state index contributed by atoms with van der Waals surface area (Å²) in [5, 5.41) is 0. The van der Waals surface area contributed by atoms with Gasteiger partial charge in [0.25, 0.3) is 0 Å². The van der Waals surface area contributed by atoms with Crippen molar-refractivity contribution in [3.63, 3.8) is 0 Å². The van der Waals surface area contributed by atoms with E-state index in [0.717, 1.165) is 25.3 Å². The van der Waals surface area contributed by atoms with Gasteiger partial charge in [-0.05, 0) is 43.2 Å². The third-order valence-corrected chi connectivity index (χ3v) is 3.63. The molecule has 3 heteroatoms. The van der Waals surface area contributed by atoms with Crippen molar-refractivity contribution in [1.29, 1.82) is 0 Å². The van der Waals surface area contributed by atoms with Crippen molar-refractivity contribution in [3.05, 3.63) is 48.1 Å². The molecule has 1 aliphatic rings. The molecule has 0 fully saturated rings. The highest BCUT2D eigenvalue weighted by molar-refractivity contribution is 5.51. The maximum atomic E-state index is 5.32. The summed E-state index contributed by atoms with van der Waals surface area (Å²) < 4.78 is 10.5. The first kappa shape index (κ1) is 14.7. The van der Waals surface area contributed by atoms with Gasteiger partial charge in [-0.25, -0.2) is 0 Å². The zero-order chi connectivity index (χ0) is 14.4. The SMILES string of the molecule is CCN(CC1=CCC(OC)C=C1)c1ccc(OC)cc1. The normalized spacial score (nSPS) is 17.8. The summed E-state index contributed by atoms with van der Waals surface area (Å²) in [4.78, 5) is 2.35. The lowest BCUT2D eigenvalue weighted by Gasteiger charge is -2.25. The third kappa shape index (κ3) is 3.64. The Morgan fingerprint density at radius 2 is 1.95 bits per heavy atom. The average Bonchev–Trinajstić information content (AvgIpc) is 2.53. The van der Waals surface area contributed by atoms with Gasteiger partial charge in [-0.15, -0.1) is 0 Å². The largest absolute Gasteiger partial charge is 0.497 e. The molecule has 0 aliphatic heterocycles. The van der Waals surface area contributed by atoms with Crippen LogP contribution in [0.4, 0.5) is 5.69 Å². The molecule has 2 rings (SSSR count). The van der Waals surface area contributed by atoms with Gasteiger partial charge >= 0.3 is 0 Å². The molecular weight excluding hydrogens is 250 g/mol. The Labute approximate surface area is 121 Å². The minimum atomic E-state index is 0.231. The van der Waals surface area contributed by atoms with Crippen LogP contribution in [0.2, 0.25) is 0 Å². The van der Waals surface area contributed by atoms with E-state index in [-0.39, 0.29) is 6.10 Å². The molecule has 0 bridgehead atoms. The number of methoxy groups -OCH3 is 2. The van der Waals surface area contributed by atoms with Crippen molar-refractivity contribution in [1.82, 2.24) is 0 Å². The Bertz CT molecular complexity index is 476. The fourth-order valence-corrected chi connectivity index (χ4v) is 2.34. The molecule has 0 amide bonds. The third-order valence-electron chi connectivity index (χ3n) is 3.63. The quantitative estimate of drug-likeness (QED) is 0.792. The molecule has 1 unspecified atom stereocenters. The highest BCUT2D eigenvalue weighted by atomic mass is 16.5. The lowest BCUT2D eigenvalue weighted by Crippen LogP contribution is -2.25. The number of hydrogen-bond donors (Lipinski definition) is 0. The van der Waals surface area contributed by atoms with Crippen molar-refractivity contribution in [3.8, 4) is 5.75 Å². The molecule has 1 aromatic rings. The summed E-state index contributed by atoms with van der Waals surface area (Å²) in [6.45, 7) is 4.08. The average molecular weight is 273 g/mol. The molecule has 1 aromatic carbocycles. The smallest absolute Gasteiger partial charge is 0.119 e. The summed E-state index contributed by atoms with van der Waals surface area (Å²) in [6.07, 6.45) is 7.76. The summed E-state index contributed by atoms with van der Waals surface area (Å²) in [6, 6.07) is 8.22. The Kier molecular flexibility index (Phi) is 5.24. The predicted molar refractivity (Wildman–Crippen MR) is 83.5 cm³/mol. The number of anilines is 1. The van der Waals surface area contributed by atoms with Crippen LogP contribution < -0.4 is 9.64 Å². The van der Waals surface area contributed by atoms with Gasteiger partial charge in [0.2, 0.25) is 0 Å². The van der Waals surface area contributed by atoms with Crippen molar-refractivity contribution in [2.24, 2.45) is 0 Å². The molecule has 0 saturated heterocycles. The van der Waals surface area contributed by atoms with E-state index >= 15 is 0 Å². The highest BCUT2D eigenvalue weighted by Crippen LogP contribution is 2.21. The van der Waals surface area contributed by atoms with Gasteiger partial charge in [0, 0.05) is 25.9 Å². The molecule has 1 atom stereocenters. The van der Waals surface area contributed by atoms with Crippen molar-refractivity contribution in [2.75, 3.05) is 32.2 Å². The van der Waals surface area contributed by atoms with Crippen LogP contribution in [-0.4, -0.2) is 33.4 Å². The topological polar surface area (TPSA) is 21.7 Å². The van der Waals surface area contributed by atoms with E-state index in [2.05, 4.69) is 42.2 Å². The second-order valence-electron chi connectivity index (χ2n) is 4.86. The predicted octanol–water partition coefficient (Wildman–Crippen LogP) is 3.42. The first-order valence-corrected chi connectivity index (χ1v) is 7.05. The Balaban J connectivity index is 2.02. The maximum Gasteiger partial charge on any atom is 0.119 e. The molecule has 0 aromatic heterocycles. The molecule has 0 N–H and O–H groups in total. The van der Waals surface area contributed by atoms with Crippen LogP contribution in [0.5, 0.6) is 5.75 Å². The van der Waals surface area contributed by atoms with Crippen LogP contribution in [0.25, 0.3) is 0 Å². The van der Waals surface area contributed by atoms with E-state index in [0.29, 0.717) is 0 Å². The van der Waals surface area contributed by atoms with Gasteiger partial charge < -0.3 is 14.4 Å². The number of hydrogen-bond acceptors (Lipinski definition) is 3. The molecule has 20 heavy (non-hydrogen) atoms. The van der Waals surface area contributed by atoms with E-state index in [4.69, 9.17) is 9.47 Å². The fraction of sp³-hybridized carbons (Fsp3) is 0.412. The molecular formula is C17H23NO2. The minimum absolute atomic E-state index is 0.231. The number of rotatable bonds is 6. The number of ether oxygens (including phenoxy) is 2. The molecule has 0 heterocycles. The van der Waals surface area contributed by atoms with Crippen LogP contribution in [0.1, 0.15) is 13.3 Å². The van der Waals surface area contributed by atoms with Crippen LogP contribution in [0, 0.1) is 0 Å². The molecule has 0 radical (unpaired) electrons. The second-order valence-corrected chi connectivity index (χ2v) is 4.86. The van der Waals surface area contributed by atoms with Gasteiger partial charge in [-0.3, -0.25) is 0 Å². The van der Waals surface area contributed by atoms with Crippen LogP contribution in [0.15, 0.2) is 48.1 Å². The summed E-state index contributed by atoms with van der Waals surface area (Å²) in [5.74, 6) is 0.893. The zero-order valence-corrected chi connectivity index (χ0v) is 12.5. The van der Waals surface area contributed by atoms with Gasteiger partial charge in [0.15, 0.2) is 0 Å². The van der Waals surface area contributed by atoms with E-state index in [1.165, 1.54) is 11.3 Å². The van der Waals surface area contributed by atoms with Gasteiger partial charge in [-0.2, -0.15) is 0 Å². The molecule has 3 nitrogen and oxygen atoms in total. The van der Waals surface area contributed by atoms with E-state index < -0.39 is 0 Å². The van der Waals surface area contributed by atoms with Crippen LogP contribution >= 0.6 is 0 Å². The number of benzene rings is 1. The number of likely N-dealkylation sites (N-methyl/N-ethyl adjacent to an activating group) is 1. The molecule has 1 aliphatic carbocycles. The fourth-order valence-electron chi connectivity index (χ4n) is 2.34. The summed E-state index contributed by atoms with van der Waals surface area (Å²) >= 11 is 0. The lowest BCUT2D eigenvalue weighted by molar-refractivity contribution is 0.142. The van der Waals surface area contributed by atoms with E-state index in [1.54, 1.807) is 14.2 Å². The second kappa shape index (κ2) is 7.15. The Morgan fingerprint density at radius 3 is 2.45 bits per heavy atom. The van der Waals surface area contributed by atoms with Crippen LogP contribution in [0.3, 0.4) is 0 Å². The highest BCUT2D eigenvalue weighted by Gasteiger charge is 2.10. The van der Waals surface area contributed by atoms with E-state index in [1.807, 2.05) is 12.1 Å². The zero-order valence-electron chi connectivity index (χ0n) is 12.5. The van der Waals surface area contributed by atoms with Crippen LogP contribution in [-0.2, 0) is 4.74 Å². The van der Waals surface area contributed by atoms with Crippen molar-refractivity contribution < 1.29 is 9.47 Å². The molecule has 0 spiro atoms. The van der Waals surface area contributed by atoms with Gasteiger partial charge in [0.05, 0.1) is 13.2 Å². The molecule has 0 saturated carbocycles. The number of nitrogens with zero attached hydrogens (tertiary/aromatic N) is 1. The summed E-state index contributed by atoms with van der Waals surface area (Å²) in [5.41, 5.74) is 2.56. The first-order chi connectivity index (χ1) is 9.76. The standard InChI is InChI=1S/C17H23NO2/c1-4-18(15-7-11-17(20-3)12-8-15)13-14-5-9-16(19-2)10-6-14/h5-9,11-12,16H,4,10,13H2,1-3H3. The Morgan fingerprint density at radius 1 is 1.20 bits per heavy atom. The minimum Gasteiger partial charge on any atom is -0.497 e. The van der Waals surface area contributed by atoms with E-state index in [9.17, 15) is 0 Å². The lowest BCUT2D eigenvalue weighted by atomic mass is 10.0. The monoisotopic (exact) mass is 273 g/mol. The summed E-state index contributed by atoms with van der Waals surface area (Å²) in [7, 11) is 3.44. The molecule has 108 valence electrons. The maximum absolute atomic E-state index is 5.32. The van der Waals surface area contributed by atoms with Crippen molar-refractivity contribution >= 4 is 5.69 Å². The van der Waals surface area contributed by atoms with Gasteiger partial charge in [-0.1, -0.05) is 18.2 Å². The Hall–Kier alpha value is -1.74.